The van der Waals surface area contributed by atoms with Crippen LogP contribution in [-0.4, -0.2) is 23.4 Å². The Morgan fingerprint density at radius 1 is 1.11 bits per heavy atom. The van der Waals surface area contributed by atoms with E-state index in [0.717, 1.165) is 12.1 Å². The quantitative estimate of drug-likeness (QED) is 0.737. The summed E-state index contributed by atoms with van der Waals surface area (Å²) in [7, 11) is -7.51. The lowest BCUT2D eigenvalue weighted by Crippen LogP contribution is -2.24. The fraction of sp³-hybridized carbons (Fsp3) is 0.200. The number of benzene rings is 1. The molecule has 0 amide bonds. The number of nitrogens with two attached hydrogens (primary N) is 1. The van der Waals surface area contributed by atoms with Crippen molar-refractivity contribution >= 4 is 20.0 Å². The lowest BCUT2D eigenvalue weighted by molar-refractivity contribution is 0.585. The van der Waals surface area contributed by atoms with Crippen LogP contribution < -0.4 is 9.86 Å². The fourth-order valence-electron chi connectivity index (χ4n) is 1.11. The van der Waals surface area contributed by atoms with Crippen molar-refractivity contribution in [1.82, 2.24) is 4.72 Å². The lowest BCUT2D eigenvalue weighted by atomic mass is 10.4. The second-order valence-corrected chi connectivity index (χ2v) is 6.60. The lowest BCUT2D eigenvalue weighted by Gasteiger charge is -2.04. The van der Waals surface area contributed by atoms with E-state index in [-0.39, 0.29) is 16.3 Å². The van der Waals surface area contributed by atoms with E-state index in [9.17, 15) is 16.8 Å². The summed E-state index contributed by atoms with van der Waals surface area (Å²) in [5.74, 6) is 5.10. The summed E-state index contributed by atoms with van der Waals surface area (Å²) >= 11 is 0. The van der Waals surface area contributed by atoms with Crippen molar-refractivity contribution in [2.75, 3.05) is 6.54 Å². The second-order valence-electron chi connectivity index (χ2n) is 3.27. The molecule has 1 aromatic carbocycles. The first-order valence-electron chi connectivity index (χ1n) is 4.79. The predicted octanol–water partition coefficient (Wildman–Crippen LogP) is -0.364. The molecule has 18 heavy (non-hydrogen) atoms. The molecule has 0 saturated carbocycles. The summed E-state index contributed by atoms with van der Waals surface area (Å²) < 4.78 is 47.7. The molecule has 0 saturated heterocycles. The van der Waals surface area contributed by atoms with Gasteiger partial charge < -0.3 is 0 Å². The van der Waals surface area contributed by atoms with Crippen LogP contribution in [-0.2, 0) is 20.0 Å². The SMILES string of the molecule is CC#CCNS(=O)(=O)c1ccc(S(N)(=O)=O)cc1. The third-order valence-corrected chi connectivity index (χ3v) is 4.34. The molecule has 6 nitrogen and oxygen atoms in total. The molecule has 0 aromatic heterocycles. The molecular weight excluding hydrogens is 276 g/mol. The van der Waals surface area contributed by atoms with Gasteiger partial charge in [0.05, 0.1) is 16.3 Å². The van der Waals surface area contributed by atoms with Gasteiger partial charge in [-0.2, -0.15) is 4.72 Å². The van der Waals surface area contributed by atoms with Gasteiger partial charge in [0.1, 0.15) is 0 Å². The van der Waals surface area contributed by atoms with Crippen LogP contribution in [0.3, 0.4) is 0 Å². The molecule has 0 aliphatic rings. The predicted molar refractivity (Wildman–Crippen MR) is 66.5 cm³/mol. The summed E-state index contributed by atoms with van der Waals surface area (Å²) in [4.78, 5) is -0.192. The Morgan fingerprint density at radius 2 is 1.61 bits per heavy atom. The van der Waals surface area contributed by atoms with Crippen LogP contribution in [0, 0.1) is 11.8 Å². The summed E-state index contributed by atoms with van der Waals surface area (Å²) in [6.45, 7) is 1.59. The maximum atomic E-state index is 11.7. The first kappa shape index (κ1) is 14.7. The summed E-state index contributed by atoms with van der Waals surface area (Å²) in [5.41, 5.74) is 0. The maximum absolute atomic E-state index is 11.7. The summed E-state index contributed by atoms with van der Waals surface area (Å²) in [6.07, 6.45) is 0. The normalized spacial score (nSPS) is 11.7. The van der Waals surface area contributed by atoms with Crippen molar-refractivity contribution < 1.29 is 16.8 Å². The third kappa shape index (κ3) is 3.82. The number of rotatable bonds is 4. The van der Waals surface area contributed by atoms with Crippen LogP contribution in [0.25, 0.3) is 0 Å². The molecule has 98 valence electrons. The first-order chi connectivity index (χ1) is 8.27. The van der Waals surface area contributed by atoms with Gasteiger partial charge in [0.2, 0.25) is 20.0 Å². The highest BCUT2D eigenvalue weighted by Gasteiger charge is 2.14. The Bertz CT molecular complexity index is 680. The van der Waals surface area contributed by atoms with Crippen LogP contribution in [0.1, 0.15) is 6.92 Å². The Hall–Kier alpha value is -1.40. The largest absolute Gasteiger partial charge is 0.241 e. The summed E-state index contributed by atoms with van der Waals surface area (Å²) in [6, 6.07) is 4.60. The average molecular weight is 288 g/mol. The molecule has 1 rings (SSSR count). The minimum absolute atomic E-state index is 0.00419. The first-order valence-corrected chi connectivity index (χ1v) is 7.82. The van der Waals surface area contributed by atoms with Crippen molar-refractivity contribution in [3.63, 3.8) is 0 Å². The van der Waals surface area contributed by atoms with Gasteiger partial charge in [-0.05, 0) is 31.2 Å². The van der Waals surface area contributed by atoms with Crippen molar-refractivity contribution in [2.24, 2.45) is 5.14 Å². The molecule has 0 unspecified atom stereocenters. The molecule has 8 heteroatoms. The van der Waals surface area contributed by atoms with E-state index in [4.69, 9.17) is 5.14 Å². The van der Waals surface area contributed by atoms with Crippen molar-refractivity contribution in [1.29, 1.82) is 0 Å². The van der Waals surface area contributed by atoms with E-state index in [1.165, 1.54) is 12.1 Å². The second kappa shape index (κ2) is 5.49. The monoisotopic (exact) mass is 288 g/mol. The van der Waals surface area contributed by atoms with Gasteiger partial charge >= 0.3 is 0 Å². The maximum Gasteiger partial charge on any atom is 0.241 e. The highest BCUT2D eigenvalue weighted by Crippen LogP contribution is 2.12. The van der Waals surface area contributed by atoms with Gasteiger partial charge in [0.25, 0.3) is 0 Å². The van der Waals surface area contributed by atoms with Crippen LogP contribution in [0.4, 0.5) is 0 Å². The minimum atomic E-state index is -3.82. The molecular formula is C10H12N2O4S2. The van der Waals surface area contributed by atoms with Crippen molar-refractivity contribution in [3.05, 3.63) is 24.3 Å². The van der Waals surface area contributed by atoms with Gasteiger partial charge in [-0.1, -0.05) is 5.92 Å². The highest BCUT2D eigenvalue weighted by molar-refractivity contribution is 7.89. The zero-order chi connectivity index (χ0) is 13.8. The molecule has 1 aromatic rings. The van der Waals surface area contributed by atoms with E-state index in [2.05, 4.69) is 16.6 Å². The molecule has 3 N–H and O–H groups in total. The Labute approximate surface area is 106 Å². The van der Waals surface area contributed by atoms with Crippen LogP contribution in [0.5, 0.6) is 0 Å². The van der Waals surface area contributed by atoms with Gasteiger partial charge in [-0.3, -0.25) is 0 Å². The van der Waals surface area contributed by atoms with Gasteiger partial charge in [-0.25, -0.2) is 22.0 Å². The number of hydrogen-bond donors (Lipinski definition) is 2. The Balaban J connectivity index is 3.00. The summed E-state index contributed by atoms with van der Waals surface area (Å²) in [5, 5.41) is 4.90. The van der Waals surface area contributed by atoms with Gasteiger partial charge in [0.15, 0.2) is 0 Å². The molecule has 0 atom stereocenters. The van der Waals surface area contributed by atoms with Gasteiger partial charge in [0, 0.05) is 0 Å². The molecule has 0 heterocycles. The van der Waals surface area contributed by atoms with Crippen molar-refractivity contribution in [2.45, 2.75) is 16.7 Å². The molecule has 0 radical (unpaired) electrons. The van der Waals surface area contributed by atoms with Gasteiger partial charge in [-0.15, -0.1) is 5.92 Å². The Kier molecular flexibility index (Phi) is 4.48. The zero-order valence-corrected chi connectivity index (χ0v) is 11.2. The van der Waals surface area contributed by atoms with Crippen molar-refractivity contribution in [3.8, 4) is 11.8 Å². The van der Waals surface area contributed by atoms with E-state index >= 15 is 0 Å². The average Bonchev–Trinajstić information content (AvgIpc) is 2.28. The van der Waals surface area contributed by atoms with Crippen LogP contribution in [0.15, 0.2) is 34.1 Å². The minimum Gasteiger partial charge on any atom is -0.225 e. The van der Waals surface area contributed by atoms with E-state index in [1.807, 2.05) is 0 Å². The third-order valence-electron chi connectivity index (χ3n) is 1.99. The number of nitrogens with one attached hydrogen (secondary N) is 1. The number of sulfonamides is 2. The zero-order valence-electron chi connectivity index (χ0n) is 9.54. The molecule has 0 bridgehead atoms. The highest BCUT2D eigenvalue weighted by atomic mass is 32.2. The number of primary sulfonamides is 1. The van der Waals surface area contributed by atoms with E-state index < -0.39 is 20.0 Å². The molecule has 0 spiro atoms. The molecule has 0 aliphatic heterocycles. The van der Waals surface area contributed by atoms with Crippen LogP contribution in [0.2, 0.25) is 0 Å². The standard InChI is InChI=1S/C10H12N2O4S2/c1-2-3-8-12-18(15,16)10-6-4-9(5-7-10)17(11,13)14/h4-7,12H,8H2,1H3,(H2,11,13,14). The Morgan fingerprint density at radius 3 is 2.06 bits per heavy atom. The molecule has 0 aliphatic carbocycles. The van der Waals surface area contributed by atoms with E-state index in [1.54, 1.807) is 6.92 Å². The van der Waals surface area contributed by atoms with Crippen LogP contribution >= 0.6 is 0 Å². The molecule has 0 fully saturated rings. The number of hydrogen-bond acceptors (Lipinski definition) is 4. The topological polar surface area (TPSA) is 106 Å². The fourth-order valence-corrected chi connectivity index (χ4v) is 2.55. The smallest absolute Gasteiger partial charge is 0.225 e. The van der Waals surface area contributed by atoms with E-state index in [0.29, 0.717) is 0 Å².